The van der Waals surface area contributed by atoms with Crippen LogP contribution in [-0.4, -0.2) is 39.1 Å². The molecule has 0 bridgehead atoms. The van der Waals surface area contributed by atoms with Crippen LogP contribution in [0.4, 0.5) is 0 Å². The van der Waals surface area contributed by atoms with E-state index in [0.717, 1.165) is 4.57 Å². The lowest BCUT2D eigenvalue weighted by Gasteiger charge is -2.43. The third kappa shape index (κ3) is 1.86. The SMILES string of the molecule is C#Cc1cn([C@@H]2O[C@H](CO)[C@H]2CO)c(=O)[nH]c1=O. The van der Waals surface area contributed by atoms with E-state index >= 15 is 0 Å². The van der Waals surface area contributed by atoms with Crippen LogP contribution < -0.4 is 11.2 Å². The second-order valence-corrected chi connectivity index (χ2v) is 3.95. The zero-order valence-electron chi connectivity index (χ0n) is 9.37. The highest BCUT2D eigenvalue weighted by Gasteiger charge is 2.43. The molecule has 18 heavy (non-hydrogen) atoms. The van der Waals surface area contributed by atoms with Crippen LogP contribution in [0.3, 0.4) is 0 Å². The number of aliphatic hydroxyl groups excluding tert-OH is 2. The van der Waals surface area contributed by atoms with Crippen molar-refractivity contribution in [2.24, 2.45) is 5.92 Å². The fourth-order valence-electron chi connectivity index (χ4n) is 1.91. The van der Waals surface area contributed by atoms with Gasteiger partial charge in [0.2, 0.25) is 0 Å². The first kappa shape index (κ1) is 12.6. The molecule has 1 aliphatic rings. The highest BCUT2D eigenvalue weighted by atomic mass is 16.6. The second-order valence-electron chi connectivity index (χ2n) is 3.95. The maximum Gasteiger partial charge on any atom is 0.330 e. The Morgan fingerprint density at radius 2 is 2.17 bits per heavy atom. The van der Waals surface area contributed by atoms with Crippen LogP contribution in [-0.2, 0) is 4.74 Å². The third-order valence-electron chi connectivity index (χ3n) is 2.95. The molecule has 96 valence electrons. The average molecular weight is 252 g/mol. The minimum absolute atomic E-state index is 0.00217. The van der Waals surface area contributed by atoms with Gasteiger partial charge in [0.05, 0.1) is 25.2 Å². The summed E-state index contributed by atoms with van der Waals surface area (Å²) in [5.74, 6) is 1.74. The topological polar surface area (TPSA) is 105 Å². The number of nitrogens with zero attached hydrogens (tertiary/aromatic N) is 1. The van der Waals surface area contributed by atoms with E-state index in [1.165, 1.54) is 6.20 Å². The van der Waals surface area contributed by atoms with Gasteiger partial charge in [-0.1, -0.05) is 5.92 Å². The largest absolute Gasteiger partial charge is 0.396 e. The predicted molar refractivity (Wildman–Crippen MR) is 60.8 cm³/mol. The van der Waals surface area contributed by atoms with E-state index in [-0.39, 0.29) is 18.8 Å². The Bertz CT molecular complexity index is 597. The summed E-state index contributed by atoms with van der Waals surface area (Å²) in [6.45, 7) is -0.491. The molecule has 3 N–H and O–H groups in total. The highest BCUT2D eigenvalue weighted by Crippen LogP contribution is 2.35. The van der Waals surface area contributed by atoms with Crippen molar-refractivity contribution in [1.82, 2.24) is 9.55 Å². The molecule has 0 aromatic carbocycles. The molecule has 1 aliphatic heterocycles. The quantitative estimate of drug-likeness (QED) is 0.540. The van der Waals surface area contributed by atoms with Gasteiger partial charge in [-0.25, -0.2) is 4.79 Å². The van der Waals surface area contributed by atoms with Crippen molar-refractivity contribution in [3.05, 3.63) is 32.6 Å². The molecule has 0 aliphatic carbocycles. The van der Waals surface area contributed by atoms with E-state index in [9.17, 15) is 14.7 Å². The van der Waals surface area contributed by atoms with E-state index in [1.54, 1.807) is 0 Å². The van der Waals surface area contributed by atoms with Crippen molar-refractivity contribution < 1.29 is 14.9 Å². The maximum absolute atomic E-state index is 11.6. The molecule has 0 unspecified atom stereocenters. The predicted octanol–water partition coefficient (Wildman–Crippen LogP) is -1.98. The van der Waals surface area contributed by atoms with E-state index in [2.05, 4.69) is 10.9 Å². The summed E-state index contributed by atoms with van der Waals surface area (Å²) in [7, 11) is 0. The van der Waals surface area contributed by atoms with Gasteiger partial charge in [0.15, 0.2) is 0 Å². The van der Waals surface area contributed by atoms with Crippen LogP contribution in [0.5, 0.6) is 0 Å². The Morgan fingerprint density at radius 1 is 1.44 bits per heavy atom. The summed E-state index contributed by atoms with van der Waals surface area (Å²) in [4.78, 5) is 25.0. The lowest BCUT2D eigenvalue weighted by atomic mass is 9.95. The number of hydrogen-bond acceptors (Lipinski definition) is 5. The monoisotopic (exact) mass is 252 g/mol. The second kappa shape index (κ2) is 4.78. The Balaban J connectivity index is 2.39. The number of terminal acetylenes is 1. The van der Waals surface area contributed by atoms with Crippen molar-refractivity contribution >= 4 is 0 Å². The number of ether oxygens (including phenoxy) is 1. The lowest BCUT2D eigenvalue weighted by molar-refractivity contribution is -0.246. The van der Waals surface area contributed by atoms with Crippen molar-refractivity contribution in [2.45, 2.75) is 12.3 Å². The molecule has 0 amide bonds. The summed E-state index contributed by atoms with van der Waals surface area (Å²) in [6, 6.07) is 0. The molecular formula is C11H12N2O5. The van der Waals surface area contributed by atoms with Crippen molar-refractivity contribution in [1.29, 1.82) is 0 Å². The first-order chi connectivity index (χ1) is 8.62. The zero-order chi connectivity index (χ0) is 13.3. The summed E-state index contributed by atoms with van der Waals surface area (Å²) in [6.07, 6.45) is 5.09. The number of aliphatic hydroxyl groups is 2. The minimum atomic E-state index is -0.733. The van der Waals surface area contributed by atoms with Crippen LogP contribution in [0.15, 0.2) is 15.8 Å². The minimum Gasteiger partial charge on any atom is -0.396 e. The first-order valence-electron chi connectivity index (χ1n) is 5.31. The summed E-state index contributed by atoms with van der Waals surface area (Å²) >= 11 is 0. The van der Waals surface area contributed by atoms with Crippen molar-refractivity contribution in [2.75, 3.05) is 13.2 Å². The standard InChI is InChI=1S/C11H12N2O5/c1-2-6-3-13(11(17)12-9(6)16)10-7(4-14)8(5-15)18-10/h1,3,7-8,10,14-15H,4-5H2,(H,12,16,17)/t7-,8-,10-/m1/s1. The molecule has 0 radical (unpaired) electrons. The number of hydrogen-bond donors (Lipinski definition) is 3. The molecule has 0 spiro atoms. The van der Waals surface area contributed by atoms with Crippen molar-refractivity contribution in [3.8, 4) is 12.3 Å². The molecule has 1 aromatic heterocycles. The molecule has 3 atom stereocenters. The molecule has 1 aromatic rings. The van der Waals surface area contributed by atoms with Gasteiger partial charge in [-0.15, -0.1) is 6.42 Å². The van der Waals surface area contributed by atoms with Gasteiger partial charge in [-0.2, -0.15) is 0 Å². The average Bonchev–Trinajstić information content (AvgIpc) is 2.31. The Labute approximate surface area is 102 Å². The summed E-state index contributed by atoms with van der Waals surface area (Å²) < 4.78 is 6.38. The Morgan fingerprint density at radius 3 is 2.72 bits per heavy atom. The van der Waals surface area contributed by atoms with Gasteiger partial charge in [-0.05, 0) is 0 Å². The van der Waals surface area contributed by atoms with Gasteiger partial charge in [0.25, 0.3) is 5.56 Å². The van der Waals surface area contributed by atoms with Gasteiger partial charge in [0, 0.05) is 6.20 Å². The van der Waals surface area contributed by atoms with Crippen LogP contribution in [0.1, 0.15) is 11.8 Å². The zero-order valence-corrected chi connectivity index (χ0v) is 9.37. The van der Waals surface area contributed by atoms with E-state index in [0.29, 0.717) is 0 Å². The smallest absolute Gasteiger partial charge is 0.330 e. The molecule has 0 saturated carbocycles. The van der Waals surface area contributed by atoms with Crippen LogP contribution in [0.25, 0.3) is 0 Å². The van der Waals surface area contributed by atoms with E-state index in [4.69, 9.17) is 16.3 Å². The molecule has 2 rings (SSSR count). The van der Waals surface area contributed by atoms with Gasteiger partial charge >= 0.3 is 5.69 Å². The molecule has 7 heteroatoms. The Kier molecular flexibility index (Phi) is 3.34. The van der Waals surface area contributed by atoms with Crippen LogP contribution >= 0.6 is 0 Å². The number of aromatic amines is 1. The molecule has 7 nitrogen and oxygen atoms in total. The van der Waals surface area contributed by atoms with Gasteiger partial charge in [-0.3, -0.25) is 14.3 Å². The number of rotatable bonds is 3. The fraction of sp³-hybridized carbons (Fsp3) is 0.455. The number of H-pyrrole nitrogens is 1. The lowest BCUT2D eigenvalue weighted by Crippen LogP contribution is -2.52. The van der Waals surface area contributed by atoms with Gasteiger partial charge < -0.3 is 14.9 Å². The van der Waals surface area contributed by atoms with E-state index < -0.39 is 29.5 Å². The fourth-order valence-corrected chi connectivity index (χ4v) is 1.91. The maximum atomic E-state index is 11.6. The highest BCUT2D eigenvalue weighted by molar-refractivity contribution is 5.26. The molecule has 1 fully saturated rings. The molecule has 1 saturated heterocycles. The molecule has 2 heterocycles. The summed E-state index contributed by atoms with van der Waals surface area (Å²) in [5.41, 5.74) is -1.31. The normalized spacial score (nSPS) is 26.4. The number of nitrogens with one attached hydrogen (secondary N) is 1. The first-order valence-corrected chi connectivity index (χ1v) is 5.31. The van der Waals surface area contributed by atoms with Crippen LogP contribution in [0.2, 0.25) is 0 Å². The van der Waals surface area contributed by atoms with E-state index in [1.807, 2.05) is 0 Å². The number of aromatic nitrogens is 2. The van der Waals surface area contributed by atoms with Crippen LogP contribution in [0, 0.1) is 18.3 Å². The van der Waals surface area contributed by atoms with Gasteiger partial charge in [0.1, 0.15) is 11.8 Å². The van der Waals surface area contributed by atoms with Crippen molar-refractivity contribution in [3.63, 3.8) is 0 Å². The summed E-state index contributed by atoms with van der Waals surface area (Å²) in [5, 5.41) is 18.1. The molecular weight excluding hydrogens is 240 g/mol. The third-order valence-corrected chi connectivity index (χ3v) is 2.95. The Hall–Kier alpha value is -1.88.